The third-order valence-electron chi connectivity index (χ3n) is 15.1. The Morgan fingerprint density at radius 3 is 1.20 bits per heavy atom. The molecule has 2 aromatic heterocycles. The molecule has 302 valence electrons. The van der Waals surface area contributed by atoms with Crippen LogP contribution in [0.2, 0.25) is 0 Å². The van der Waals surface area contributed by atoms with E-state index in [9.17, 15) is 0 Å². The molecule has 4 heteroatoms. The van der Waals surface area contributed by atoms with E-state index in [1.165, 1.54) is 112 Å². The van der Waals surface area contributed by atoms with Crippen LogP contribution in [0, 0.1) is 0 Å². The van der Waals surface area contributed by atoms with Crippen LogP contribution in [0.3, 0.4) is 0 Å². The molecule has 3 aliphatic heterocycles. The van der Waals surface area contributed by atoms with Crippen LogP contribution in [0.15, 0.2) is 237 Å². The molecule has 2 spiro atoms. The van der Waals surface area contributed by atoms with Crippen molar-refractivity contribution in [3.63, 3.8) is 0 Å². The molecule has 0 saturated carbocycles. The molecule has 0 fully saturated rings. The number of para-hydroxylation sites is 7. The first-order chi connectivity index (χ1) is 32.3. The van der Waals surface area contributed by atoms with Gasteiger partial charge in [-0.05, 0) is 0 Å². The van der Waals surface area contributed by atoms with Crippen LogP contribution in [0.5, 0.6) is 0 Å². The molecule has 0 aliphatic carbocycles. The van der Waals surface area contributed by atoms with Crippen molar-refractivity contribution in [3.05, 3.63) is 259 Å². The van der Waals surface area contributed by atoms with E-state index in [0.29, 0.717) is 0 Å². The Hall–Kier alpha value is -7.86. The van der Waals surface area contributed by atoms with Crippen molar-refractivity contribution < 1.29 is 0 Å². The van der Waals surface area contributed by atoms with Gasteiger partial charge in [0.1, 0.15) is 0 Å². The second-order valence-corrected chi connectivity index (χ2v) is 25.6. The van der Waals surface area contributed by atoms with Crippen LogP contribution in [-0.4, -0.2) is 17.7 Å². The average Bonchev–Trinajstić information content (AvgIpc) is 3.89. The van der Waals surface area contributed by atoms with Crippen molar-refractivity contribution in [2.45, 2.75) is 5.41 Å². The summed E-state index contributed by atoms with van der Waals surface area (Å²) in [4.78, 5) is 5.08. The van der Waals surface area contributed by atoms with Gasteiger partial charge >= 0.3 is 369 Å². The molecule has 0 bridgehead atoms. The van der Waals surface area contributed by atoms with Crippen molar-refractivity contribution in [1.29, 1.82) is 0 Å². The summed E-state index contributed by atoms with van der Waals surface area (Å²) >= 11 is -3.84. The Bertz CT molecular complexity index is 3710. The van der Waals surface area contributed by atoms with Crippen molar-refractivity contribution in [3.8, 4) is 0 Å². The van der Waals surface area contributed by atoms with E-state index in [2.05, 4.69) is 251 Å². The normalized spacial score (nSPS) is 15.0. The topological polar surface area (TPSA) is 10.9 Å². The molecule has 65 heavy (non-hydrogen) atoms. The minimum atomic E-state index is -3.84. The van der Waals surface area contributed by atoms with Crippen LogP contribution >= 0.6 is 0 Å². The molecule has 3 nitrogen and oxygen atoms in total. The SMILES string of the molecule is c1ccc(N2c3cccc[c]3[Ge]3([c]4ccccc42)[c]2ccccc2C2(c4ccccc4N(c4cc5c6ccccc6n6c7ccccc7c(c4)c56)c4ccccc42)c2cccc[c]23)cc1. The van der Waals surface area contributed by atoms with E-state index in [1.54, 1.807) is 0 Å². The van der Waals surface area contributed by atoms with Crippen LogP contribution in [0.25, 0.3) is 38.1 Å². The third-order valence-corrected chi connectivity index (χ3v) is 25.5. The summed E-state index contributed by atoms with van der Waals surface area (Å²) in [5.74, 6) is 0. The quantitative estimate of drug-likeness (QED) is 0.160. The fourth-order valence-electron chi connectivity index (χ4n) is 12.9. The van der Waals surface area contributed by atoms with Crippen molar-refractivity contribution in [2.75, 3.05) is 9.80 Å². The van der Waals surface area contributed by atoms with Crippen molar-refractivity contribution in [2.24, 2.45) is 0 Å². The Balaban J connectivity index is 1.05. The number of hydrogen-bond donors (Lipinski definition) is 0. The first-order valence-electron chi connectivity index (χ1n) is 22.7. The molecule has 15 rings (SSSR count). The molecule has 0 radical (unpaired) electrons. The molecular weight excluding hydrogens is 847 g/mol. The van der Waals surface area contributed by atoms with Crippen LogP contribution < -0.4 is 27.4 Å². The van der Waals surface area contributed by atoms with Gasteiger partial charge < -0.3 is 0 Å². The zero-order valence-corrected chi connectivity index (χ0v) is 37.5. The number of fused-ring (bicyclic) bond motifs is 20. The fraction of sp³-hybridized carbons (Fsp3) is 0.0164. The van der Waals surface area contributed by atoms with Crippen molar-refractivity contribution >= 4 is 103 Å². The first kappa shape index (κ1) is 35.6. The third kappa shape index (κ3) is 4.28. The summed E-state index contributed by atoms with van der Waals surface area (Å²) in [5, 5.41) is 5.12. The predicted molar refractivity (Wildman–Crippen MR) is 273 cm³/mol. The molecule has 0 amide bonds. The molecule has 3 aliphatic rings. The summed E-state index contributed by atoms with van der Waals surface area (Å²) in [6, 6.07) is 90.1. The van der Waals surface area contributed by atoms with Gasteiger partial charge in [-0.1, -0.05) is 12.1 Å². The van der Waals surface area contributed by atoms with Gasteiger partial charge in [0.2, 0.25) is 0 Å². The molecule has 10 aromatic carbocycles. The van der Waals surface area contributed by atoms with Gasteiger partial charge in [-0.3, -0.25) is 0 Å². The number of anilines is 6. The van der Waals surface area contributed by atoms with Gasteiger partial charge in [0, 0.05) is 0 Å². The number of hydrogen-bond acceptors (Lipinski definition) is 2. The summed E-state index contributed by atoms with van der Waals surface area (Å²) in [6.45, 7) is 0. The van der Waals surface area contributed by atoms with Gasteiger partial charge in [0.05, 0.1) is 0 Å². The predicted octanol–water partition coefficient (Wildman–Crippen LogP) is 12.5. The van der Waals surface area contributed by atoms with Gasteiger partial charge in [0.25, 0.3) is 0 Å². The molecule has 0 saturated heterocycles. The molecule has 5 heterocycles. The Morgan fingerprint density at radius 2 is 0.677 bits per heavy atom. The van der Waals surface area contributed by atoms with E-state index >= 15 is 0 Å². The van der Waals surface area contributed by atoms with Crippen LogP contribution in [-0.2, 0) is 5.41 Å². The fourth-order valence-corrected chi connectivity index (χ4v) is 24.7. The Kier molecular flexibility index (Phi) is 7.05. The second kappa shape index (κ2) is 12.9. The van der Waals surface area contributed by atoms with E-state index in [0.717, 1.165) is 0 Å². The zero-order chi connectivity index (χ0) is 42.4. The van der Waals surface area contributed by atoms with Gasteiger partial charge in [0.15, 0.2) is 0 Å². The molecular formula is C61H39GeN3. The average molecular weight is 887 g/mol. The summed E-state index contributed by atoms with van der Waals surface area (Å²) in [7, 11) is 0. The van der Waals surface area contributed by atoms with Gasteiger partial charge in [-0.2, -0.15) is 0 Å². The summed E-state index contributed by atoms with van der Waals surface area (Å²) in [6.07, 6.45) is 0. The first-order valence-corrected chi connectivity index (χ1v) is 26.9. The van der Waals surface area contributed by atoms with E-state index in [-0.39, 0.29) is 0 Å². The molecule has 0 atom stereocenters. The number of aromatic nitrogens is 1. The van der Waals surface area contributed by atoms with Crippen LogP contribution in [0.4, 0.5) is 34.1 Å². The maximum absolute atomic E-state index is 3.84. The Labute approximate surface area is 379 Å². The van der Waals surface area contributed by atoms with E-state index < -0.39 is 18.7 Å². The molecule has 0 N–H and O–H groups in total. The van der Waals surface area contributed by atoms with Crippen molar-refractivity contribution in [1.82, 2.24) is 4.40 Å². The minimum absolute atomic E-state index is 0.600. The maximum atomic E-state index is 2.57. The zero-order valence-electron chi connectivity index (χ0n) is 35.4. The van der Waals surface area contributed by atoms with Crippen LogP contribution in [0.1, 0.15) is 22.3 Å². The molecule has 12 aromatic rings. The Morgan fingerprint density at radius 1 is 0.292 bits per heavy atom. The summed E-state index contributed by atoms with van der Waals surface area (Å²) < 4.78 is 8.40. The summed E-state index contributed by atoms with van der Waals surface area (Å²) in [5.41, 5.74) is 15.9. The second-order valence-electron chi connectivity index (χ2n) is 17.9. The number of nitrogens with zero attached hydrogens (tertiary/aromatic N) is 3. The number of rotatable bonds is 2. The van der Waals surface area contributed by atoms with E-state index in [4.69, 9.17) is 0 Å². The van der Waals surface area contributed by atoms with Gasteiger partial charge in [-0.25, -0.2) is 0 Å². The standard InChI is InChI=1S/C61H39GeN3/c1-2-20-40(21-3-1)63-58-36-18-12-30-52(58)62(53-31-13-19-37-59(53)63)50-28-10-6-24-46(50)61(47-25-7-11-29-51(47)62)48-26-8-16-34-56(48)64(57-35-17-9-27-49(57)61)41-38-44-42-22-4-14-32-54(42)65-55-33-15-5-23-43(55)45(39-41)60(44)65/h1-39H. The molecule has 0 unspecified atom stereocenters. The number of benzene rings is 10. The monoisotopic (exact) mass is 887 g/mol. The van der Waals surface area contributed by atoms with Gasteiger partial charge in [-0.15, -0.1) is 0 Å². The van der Waals surface area contributed by atoms with E-state index in [1.807, 2.05) is 0 Å².